The van der Waals surface area contributed by atoms with E-state index in [1.807, 2.05) is 13.0 Å². The molecule has 0 aromatic carbocycles. The van der Waals surface area contributed by atoms with Gasteiger partial charge in [-0.2, -0.15) is 5.26 Å². The van der Waals surface area contributed by atoms with Gasteiger partial charge >= 0.3 is 5.97 Å². The second-order valence-electron chi connectivity index (χ2n) is 7.01. The Bertz CT molecular complexity index is 692. The van der Waals surface area contributed by atoms with Gasteiger partial charge < -0.3 is 5.11 Å². The summed E-state index contributed by atoms with van der Waals surface area (Å²) in [4.78, 5) is 10.9. The fourth-order valence-corrected chi connectivity index (χ4v) is 3.01. The van der Waals surface area contributed by atoms with Crippen LogP contribution in [0.3, 0.4) is 0 Å². The first-order valence-corrected chi connectivity index (χ1v) is 8.26. The van der Waals surface area contributed by atoms with Crippen molar-refractivity contribution < 1.29 is 9.90 Å². The molecule has 0 radical (unpaired) electrons. The van der Waals surface area contributed by atoms with E-state index in [0.29, 0.717) is 5.57 Å². The number of carboxylic acids is 1. The van der Waals surface area contributed by atoms with E-state index in [2.05, 4.69) is 32.9 Å². The number of hydrogen-bond donors (Lipinski definition) is 1. The lowest BCUT2D eigenvalue weighted by Crippen LogP contribution is -2.19. The maximum atomic E-state index is 10.9. The fraction of sp³-hybridized carbons (Fsp3) is 0.429. The van der Waals surface area contributed by atoms with Crippen LogP contribution in [0.4, 0.5) is 0 Å². The molecule has 0 aromatic rings. The van der Waals surface area contributed by atoms with Gasteiger partial charge in [0.25, 0.3) is 0 Å². The summed E-state index contributed by atoms with van der Waals surface area (Å²) in [5, 5.41) is 17.7. The first-order chi connectivity index (χ1) is 11.2. The third kappa shape index (κ3) is 5.38. The molecule has 24 heavy (non-hydrogen) atoms. The zero-order valence-corrected chi connectivity index (χ0v) is 15.3. The SMILES string of the molecule is CC1=C(/C=C/C(C)=C/C=C/C(C)=C(/C#N)C(=O)O)C(C)(C)CCC1. The molecule has 1 aliphatic rings. The van der Waals surface area contributed by atoms with Crippen molar-refractivity contribution in [3.63, 3.8) is 0 Å². The molecule has 0 fully saturated rings. The molecule has 1 aliphatic carbocycles. The topological polar surface area (TPSA) is 61.1 Å². The first-order valence-electron chi connectivity index (χ1n) is 8.26. The number of carboxylic acid groups (broad SMARTS) is 1. The Kier molecular flexibility index (Phi) is 6.97. The molecule has 128 valence electrons. The van der Waals surface area contributed by atoms with Gasteiger partial charge in [0.1, 0.15) is 11.6 Å². The maximum Gasteiger partial charge on any atom is 0.346 e. The minimum absolute atomic E-state index is 0.220. The predicted molar refractivity (Wildman–Crippen MR) is 98.3 cm³/mol. The van der Waals surface area contributed by atoms with E-state index < -0.39 is 5.97 Å². The Morgan fingerprint density at radius 3 is 2.50 bits per heavy atom. The third-order valence-electron chi connectivity index (χ3n) is 4.48. The van der Waals surface area contributed by atoms with Crippen LogP contribution in [0.25, 0.3) is 0 Å². The number of nitriles is 1. The van der Waals surface area contributed by atoms with E-state index in [9.17, 15) is 4.79 Å². The zero-order valence-electron chi connectivity index (χ0n) is 15.3. The van der Waals surface area contributed by atoms with E-state index in [0.717, 1.165) is 5.57 Å². The number of hydrogen-bond acceptors (Lipinski definition) is 2. The standard InChI is InChI=1S/C21H27NO2/c1-15(8-6-9-16(2)18(14-22)20(23)24)11-12-19-17(3)10-7-13-21(19,4)5/h6,8-9,11-12H,7,10,13H2,1-5H3,(H,23,24)/b9-6+,12-11+,15-8+,18-16-. The number of rotatable bonds is 5. The Labute approximate surface area is 145 Å². The Balaban J connectivity index is 2.90. The number of allylic oxidation sites excluding steroid dienone is 9. The van der Waals surface area contributed by atoms with Gasteiger partial charge in [-0.25, -0.2) is 4.79 Å². The lowest BCUT2D eigenvalue weighted by atomic mass is 9.72. The molecule has 0 saturated carbocycles. The second kappa shape index (κ2) is 8.49. The van der Waals surface area contributed by atoms with Gasteiger partial charge in [0, 0.05) is 0 Å². The largest absolute Gasteiger partial charge is 0.477 e. The van der Waals surface area contributed by atoms with Gasteiger partial charge in [-0.1, -0.05) is 55.4 Å². The Morgan fingerprint density at radius 2 is 1.96 bits per heavy atom. The summed E-state index contributed by atoms with van der Waals surface area (Å²) in [5.41, 5.74) is 4.40. The highest BCUT2D eigenvalue weighted by molar-refractivity contribution is 5.92. The minimum Gasteiger partial charge on any atom is -0.477 e. The summed E-state index contributed by atoms with van der Waals surface area (Å²) < 4.78 is 0. The molecule has 0 heterocycles. The van der Waals surface area contributed by atoms with E-state index in [1.54, 1.807) is 25.1 Å². The monoisotopic (exact) mass is 325 g/mol. The van der Waals surface area contributed by atoms with Crippen LogP contribution in [0.15, 0.2) is 58.2 Å². The average Bonchev–Trinajstić information content (AvgIpc) is 2.46. The summed E-state index contributed by atoms with van der Waals surface area (Å²) in [5.74, 6) is -1.19. The third-order valence-corrected chi connectivity index (χ3v) is 4.48. The van der Waals surface area contributed by atoms with Crippen molar-refractivity contribution in [1.82, 2.24) is 0 Å². The quantitative estimate of drug-likeness (QED) is 0.412. The molecule has 0 aliphatic heterocycles. The summed E-state index contributed by atoms with van der Waals surface area (Å²) >= 11 is 0. The van der Waals surface area contributed by atoms with Crippen LogP contribution in [0.5, 0.6) is 0 Å². The normalized spacial score (nSPS) is 19.6. The van der Waals surface area contributed by atoms with Gasteiger partial charge in [-0.15, -0.1) is 0 Å². The van der Waals surface area contributed by atoms with Gasteiger partial charge in [-0.05, 0) is 56.6 Å². The van der Waals surface area contributed by atoms with Crippen molar-refractivity contribution in [3.8, 4) is 6.07 Å². The fourth-order valence-electron chi connectivity index (χ4n) is 3.01. The minimum atomic E-state index is -1.19. The Hall–Kier alpha value is -2.34. The van der Waals surface area contributed by atoms with E-state index in [4.69, 9.17) is 10.4 Å². The second-order valence-corrected chi connectivity index (χ2v) is 7.01. The highest BCUT2D eigenvalue weighted by Crippen LogP contribution is 2.40. The highest BCUT2D eigenvalue weighted by Gasteiger charge is 2.26. The first kappa shape index (κ1) is 19.7. The van der Waals surface area contributed by atoms with Crippen molar-refractivity contribution >= 4 is 5.97 Å². The summed E-state index contributed by atoms with van der Waals surface area (Å²) in [6.45, 7) is 10.4. The molecule has 1 rings (SSSR count). The predicted octanol–water partition coefficient (Wildman–Crippen LogP) is 5.50. The van der Waals surface area contributed by atoms with Crippen molar-refractivity contribution in [2.24, 2.45) is 5.41 Å². The van der Waals surface area contributed by atoms with Crippen molar-refractivity contribution in [1.29, 1.82) is 5.26 Å². The van der Waals surface area contributed by atoms with Gasteiger partial charge in [0.05, 0.1) is 0 Å². The van der Waals surface area contributed by atoms with Crippen LogP contribution in [-0.4, -0.2) is 11.1 Å². The molecule has 0 amide bonds. The van der Waals surface area contributed by atoms with Gasteiger partial charge in [-0.3, -0.25) is 0 Å². The van der Waals surface area contributed by atoms with Crippen molar-refractivity contribution in [3.05, 3.63) is 58.2 Å². The molecule has 0 bridgehead atoms. The van der Waals surface area contributed by atoms with Crippen LogP contribution >= 0.6 is 0 Å². The van der Waals surface area contributed by atoms with Crippen LogP contribution in [-0.2, 0) is 4.79 Å². The summed E-state index contributed by atoms with van der Waals surface area (Å²) in [6, 6.07) is 1.71. The molecule has 3 heteroatoms. The van der Waals surface area contributed by atoms with E-state index >= 15 is 0 Å². The lowest BCUT2D eigenvalue weighted by Gasteiger charge is -2.32. The molecule has 0 atom stereocenters. The van der Waals surface area contributed by atoms with Crippen LogP contribution < -0.4 is 0 Å². The molecular weight excluding hydrogens is 298 g/mol. The zero-order chi connectivity index (χ0) is 18.3. The van der Waals surface area contributed by atoms with E-state index in [-0.39, 0.29) is 11.0 Å². The maximum absolute atomic E-state index is 10.9. The van der Waals surface area contributed by atoms with Crippen LogP contribution in [0, 0.1) is 16.7 Å². The van der Waals surface area contributed by atoms with Crippen molar-refractivity contribution in [2.75, 3.05) is 0 Å². The van der Waals surface area contributed by atoms with Gasteiger partial charge in [0.15, 0.2) is 0 Å². The molecule has 0 aromatic heterocycles. The van der Waals surface area contributed by atoms with Gasteiger partial charge in [0.2, 0.25) is 0 Å². The van der Waals surface area contributed by atoms with Crippen LogP contribution in [0.2, 0.25) is 0 Å². The van der Waals surface area contributed by atoms with Crippen LogP contribution in [0.1, 0.15) is 53.9 Å². The molecule has 1 N–H and O–H groups in total. The molecular formula is C21H27NO2. The number of carbonyl (C=O) groups is 1. The molecule has 3 nitrogen and oxygen atoms in total. The number of nitrogens with zero attached hydrogens (tertiary/aromatic N) is 1. The molecule has 0 unspecified atom stereocenters. The smallest absolute Gasteiger partial charge is 0.346 e. The lowest BCUT2D eigenvalue weighted by molar-refractivity contribution is -0.132. The Morgan fingerprint density at radius 1 is 1.29 bits per heavy atom. The van der Waals surface area contributed by atoms with E-state index in [1.165, 1.54) is 30.4 Å². The van der Waals surface area contributed by atoms with Crippen molar-refractivity contribution in [2.45, 2.75) is 53.9 Å². The average molecular weight is 325 g/mol. The molecule has 0 spiro atoms. The highest BCUT2D eigenvalue weighted by atomic mass is 16.4. The molecule has 0 saturated heterocycles. The summed E-state index contributed by atoms with van der Waals surface area (Å²) in [6.07, 6.45) is 13.3. The number of aliphatic carboxylic acids is 1. The summed E-state index contributed by atoms with van der Waals surface area (Å²) in [7, 11) is 0.